The van der Waals surface area contributed by atoms with E-state index in [1.165, 1.54) is 41.5 Å². The van der Waals surface area contributed by atoms with Crippen LogP contribution < -0.4 is 0 Å². The van der Waals surface area contributed by atoms with Crippen molar-refractivity contribution in [3.05, 3.63) is 70.3 Å². The fraction of sp³-hybridized carbons (Fsp3) is 0.368. The third-order valence-electron chi connectivity index (χ3n) is 4.49. The summed E-state index contributed by atoms with van der Waals surface area (Å²) in [6, 6.07) is 15.8. The molecule has 0 radical (unpaired) electrons. The fourth-order valence-electron chi connectivity index (χ4n) is 3.45. The van der Waals surface area contributed by atoms with Crippen molar-refractivity contribution in [3.8, 4) is 0 Å². The second kappa shape index (κ2) is 5.73. The average molecular weight is 329 g/mol. The standard InChI is InChI=1S/C19H21Br/c1-13-10-11-16(14(2)12-13)19(20)18-9-5-7-15-6-3-4-8-17(15)18/h3-4,6,8,10-12,18-19H,5,7,9H2,1-2H3. The highest BCUT2D eigenvalue weighted by Gasteiger charge is 2.27. The lowest BCUT2D eigenvalue weighted by atomic mass is 9.79. The Labute approximate surface area is 130 Å². The minimum Gasteiger partial charge on any atom is -0.0832 e. The van der Waals surface area contributed by atoms with Gasteiger partial charge in [-0.1, -0.05) is 64.0 Å². The lowest BCUT2D eigenvalue weighted by Gasteiger charge is -2.30. The molecule has 2 atom stereocenters. The van der Waals surface area contributed by atoms with Gasteiger partial charge in [-0.2, -0.15) is 0 Å². The third kappa shape index (κ3) is 2.56. The van der Waals surface area contributed by atoms with Gasteiger partial charge in [-0.3, -0.25) is 0 Å². The van der Waals surface area contributed by atoms with Crippen molar-refractivity contribution in [2.45, 2.75) is 43.9 Å². The van der Waals surface area contributed by atoms with E-state index in [0.29, 0.717) is 10.7 Å². The van der Waals surface area contributed by atoms with Crippen molar-refractivity contribution >= 4 is 15.9 Å². The minimum absolute atomic E-state index is 0.421. The molecule has 3 rings (SSSR count). The SMILES string of the molecule is Cc1ccc(C(Br)C2CCCc3ccccc32)c(C)c1. The molecule has 1 heteroatoms. The van der Waals surface area contributed by atoms with E-state index < -0.39 is 0 Å². The first-order valence-electron chi connectivity index (χ1n) is 7.46. The summed E-state index contributed by atoms with van der Waals surface area (Å²) in [7, 11) is 0. The Morgan fingerprint density at radius 2 is 1.90 bits per heavy atom. The average Bonchev–Trinajstić information content (AvgIpc) is 2.46. The van der Waals surface area contributed by atoms with E-state index in [1.54, 1.807) is 5.56 Å². The normalized spacial score (nSPS) is 19.4. The number of hydrogen-bond acceptors (Lipinski definition) is 0. The van der Waals surface area contributed by atoms with Gasteiger partial charge in [0.15, 0.2) is 0 Å². The van der Waals surface area contributed by atoms with Gasteiger partial charge in [0.2, 0.25) is 0 Å². The van der Waals surface area contributed by atoms with Crippen LogP contribution in [0.2, 0.25) is 0 Å². The Morgan fingerprint density at radius 1 is 1.10 bits per heavy atom. The molecule has 20 heavy (non-hydrogen) atoms. The Bertz CT molecular complexity index is 615. The van der Waals surface area contributed by atoms with Crippen LogP contribution in [-0.4, -0.2) is 0 Å². The Morgan fingerprint density at radius 3 is 2.70 bits per heavy atom. The summed E-state index contributed by atoms with van der Waals surface area (Å²) in [5, 5.41) is 0. The van der Waals surface area contributed by atoms with Crippen LogP contribution in [0, 0.1) is 13.8 Å². The van der Waals surface area contributed by atoms with Gasteiger partial charge in [-0.15, -0.1) is 0 Å². The predicted molar refractivity (Wildman–Crippen MR) is 89.7 cm³/mol. The van der Waals surface area contributed by atoms with E-state index in [4.69, 9.17) is 0 Å². The topological polar surface area (TPSA) is 0 Å². The molecule has 0 bridgehead atoms. The molecule has 0 nitrogen and oxygen atoms in total. The van der Waals surface area contributed by atoms with Crippen LogP contribution >= 0.6 is 15.9 Å². The zero-order valence-corrected chi connectivity index (χ0v) is 13.8. The molecule has 0 saturated heterocycles. The van der Waals surface area contributed by atoms with E-state index in [-0.39, 0.29) is 0 Å². The molecule has 0 spiro atoms. The van der Waals surface area contributed by atoms with Crippen LogP contribution in [0.1, 0.15) is 51.4 Å². The van der Waals surface area contributed by atoms with Crippen LogP contribution in [-0.2, 0) is 6.42 Å². The molecular weight excluding hydrogens is 308 g/mol. The predicted octanol–water partition coefficient (Wildman–Crippen LogP) is 5.86. The molecule has 0 heterocycles. The van der Waals surface area contributed by atoms with Crippen LogP contribution in [0.3, 0.4) is 0 Å². The molecule has 104 valence electrons. The maximum Gasteiger partial charge on any atom is 0.0466 e. The molecule has 0 amide bonds. The summed E-state index contributed by atoms with van der Waals surface area (Å²) >= 11 is 3.99. The first kappa shape index (κ1) is 13.9. The maximum atomic E-state index is 3.99. The largest absolute Gasteiger partial charge is 0.0832 e. The Balaban J connectivity index is 1.97. The van der Waals surface area contributed by atoms with Crippen molar-refractivity contribution in [2.75, 3.05) is 0 Å². The van der Waals surface area contributed by atoms with Gasteiger partial charge in [0.25, 0.3) is 0 Å². The second-order valence-corrected chi connectivity index (χ2v) is 6.95. The van der Waals surface area contributed by atoms with Gasteiger partial charge in [-0.25, -0.2) is 0 Å². The van der Waals surface area contributed by atoms with Gasteiger partial charge < -0.3 is 0 Å². The Kier molecular flexibility index (Phi) is 3.98. The number of aryl methyl sites for hydroxylation is 3. The Hall–Kier alpha value is -1.08. The van der Waals surface area contributed by atoms with Crippen LogP contribution in [0.4, 0.5) is 0 Å². The number of rotatable bonds is 2. The van der Waals surface area contributed by atoms with E-state index in [0.717, 1.165) is 0 Å². The highest BCUT2D eigenvalue weighted by atomic mass is 79.9. The van der Waals surface area contributed by atoms with Gasteiger partial charge >= 0.3 is 0 Å². The number of halogens is 1. The molecule has 1 aliphatic carbocycles. The summed E-state index contributed by atoms with van der Waals surface area (Å²) in [4.78, 5) is 0.421. The lowest BCUT2D eigenvalue weighted by Crippen LogP contribution is -2.14. The third-order valence-corrected chi connectivity index (χ3v) is 5.62. The summed E-state index contributed by atoms with van der Waals surface area (Å²) in [6.07, 6.45) is 3.81. The van der Waals surface area contributed by atoms with E-state index in [9.17, 15) is 0 Å². The first-order chi connectivity index (χ1) is 9.66. The van der Waals surface area contributed by atoms with Crippen LogP contribution in [0.25, 0.3) is 0 Å². The highest BCUT2D eigenvalue weighted by Crippen LogP contribution is 2.45. The zero-order valence-electron chi connectivity index (χ0n) is 12.2. The van der Waals surface area contributed by atoms with Crippen molar-refractivity contribution in [3.63, 3.8) is 0 Å². The van der Waals surface area contributed by atoms with Crippen molar-refractivity contribution < 1.29 is 0 Å². The van der Waals surface area contributed by atoms with Crippen molar-refractivity contribution in [1.82, 2.24) is 0 Å². The van der Waals surface area contributed by atoms with Gasteiger partial charge in [0.05, 0.1) is 0 Å². The van der Waals surface area contributed by atoms with Crippen LogP contribution in [0.15, 0.2) is 42.5 Å². The molecule has 0 aromatic heterocycles. The summed E-state index contributed by atoms with van der Waals surface area (Å²) in [5.74, 6) is 0.598. The number of fused-ring (bicyclic) bond motifs is 1. The first-order valence-corrected chi connectivity index (χ1v) is 8.37. The number of hydrogen-bond donors (Lipinski definition) is 0. The van der Waals surface area contributed by atoms with E-state index >= 15 is 0 Å². The van der Waals surface area contributed by atoms with Crippen molar-refractivity contribution in [2.24, 2.45) is 0 Å². The summed E-state index contributed by atoms with van der Waals surface area (Å²) < 4.78 is 0. The maximum absolute atomic E-state index is 3.99. The summed E-state index contributed by atoms with van der Waals surface area (Å²) in [6.45, 7) is 4.39. The van der Waals surface area contributed by atoms with E-state index in [1.807, 2.05) is 0 Å². The quantitative estimate of drug-likeness (QED) is 0.605. The lowest BCUT2D eigenvalue weighted by molar-refractivity contribution is 0.546. The molecular formula is C19H21Br. The number of benzene rings is 2. The zero-order chi connectivity index (χ0) is 14.1. The fourth-order valence-corrected chi connectivity index (χ4v) is 4.51. The molecule has 0 N–H and O–H groups in total. The van der Waals surface area contributed by atoms with Gasteiger partial charge in [-0.05, 0) is 55.4 Å². The summed E-state index contributed by atoms with van der Waals surface area (Å²) in [5.41, 5.74) is 7.26. The van der Waals surface area contributed by atoms with Crippen molar-refractivity contribution in [1.29, 1.82) is 0 Å². The van der Waals surface area contributed by atoms with E-state index in [2.05, 4.69) is 72.2 Å². The molecule has 0 fully saturated rings. The monoisotopic (exact) mass is 328 g/mol. The molecule has 0 saturated carbocycles. The molecule has 2 aromatic rings. The second-order valence-electron chi connectivity index (χ2n) is 5.96. The van der Waals surface area contributed by atoms with Gasteiger partial charge in [0.1, 0.15) is 0 Å². The number of alkyl halides is 1. The highest BCUT2D eigenvalue weighted by molar-refractivity contribution is 9.09. The smallest absolute Gasteiger partial charge is 0.0466 e. The molecule has 2 unspecified atom stereocenters. The van der Waals surface area contributed by atoms with Crippen LogP contribution in [0.5, 0.6) is 0 Å². The minimum atomic E-state index is 0.421. The van der Waals surface area contributed by atoms with Gasteiger partial charge in [0, 0.05) is 10.7 Å². The molecule has 2 aromatic carbocycles. The molecule has 1 aliphatic rings. The molecule has 0 aliphatic heterocycles.